The van der Waals surface area contributed by atoms with Crippen LogP contribution in [-0.2, 0) is 0 Å². The molecule has 0 fully saturated rings. The van der Waals surface area contributed by atoms with E-state index in [1.54, 1.807) is 0 Å². The van der Waals surface area contributed by atoms with Gasteiger partial charge in [0.05, 0.1) is 0 Å². The van der Waals surface area contributed by atoms with E-state index in [1.165, 1.54) is 6.42 Å². The van der Waals surface area contributed by atoms with E-state index in [0.717, 1.165) is 25.9 Å². The summed E-state index contributed by atoms with van der Waals surface area (Å²) in [6.07, 6.45) is 3.89. The van der Waals surface area contributed by atoms with Gasteiger partial charge < -0.3 is 16.3 Å². The van der Waals surface area contributed by atoms with Crippen LogP contribution in [0, 0.1) is 5.41 Å². The van der Waals surface area contributed by atoms with Crippen molar-refractivity contribution in [3.05, 3.63) is 0 Å². The topological polar surface area (TPSA) is 70.6 Å². The molecule has 15 heavy (non-hydrogen) atoms. The van der Waals surface area contributed by atoms with Gasteiger partial charge in [0, 0.05) is 13.0 Å². The van der Waals surface area contributed by atoms with Crippen LogP contribution in [0.1, 0.15) is 46.5 Å². The molecule has 0 aromatic heterocycles. The minimum absolute atomic E-state index is 0.323. The Morgan fingerprint density at radius 3 is 2.60 bits per heavy atom. The lowest BCUT2D eigenvalue weighted by molar-refractivity contribution is 0.316. The molecule has 0 saturated carbocycles. The molecular weight excluding hydrogens is 190 g/mol. The highest BCUT2D eigenvalue weighted by Gasteiger charge is 2.13. The molecule has 0 rings (SSSR count). The number of rotatable bonds is 8. The standard InChI is InChI=1S/C11H25N3O/c1-4-11(2,3)9-13-8-6-5-7-10(12)14-15/h13,15H,4-9H2,1-3H3,(H2,12,14). The van der Waals surface area contributed by atoms with Crippen LogP contribution in [0.5, 0.6) is 0 Å². The normalized spacial score (nSPS) is 13.1. The second kappa shape index (κ2) is 7.51. The van der Waals surface area contributed by atoms with Gasteiger partial charge in [-0.25, -0.2) is 0 Å². The monoisotopic (exact) mass is 215 g/mol. The van der Waals surface area contributed by atoms with Crippen LogP contribution in [0.3, 0.4) is 0 Å². The number of nitrogens with zero attached hydrogens (tertiary/aromatic N) is 1. The van der Waals surface area contributed by atoms with E-state index < -0.39 is 0 Å². The van der Waals surface area contributed by atoms with Gasteiger partial charge >= 0.3 is 0 Å². The van der Waals surface area contributed by atoms with Gasteiger partial charge in [0.1, 0.15) is 5.84 Å². The maximum Gasteiger partial charge on any atom is 0.139 e. The van der Waals surface area contributed by atoms with Crippen LogP contribution in [0.2, 0.25) is 0 Å². The van der Waals surface area contributed by atoms with Crippen molar-refractivity contribution in [2.24, 2.45) is 16.3 Å². The van der Waals surface area contributed by atoms with Crippen molar-refractivity contribution >= 4 is 5.84 Å². The van der Waals surface area contributed by atoms with E-state index in [4.69, 9.17) is 10.9 Å². The number of unbranched alkanes of at least 4 members (excludes halogenated alkanes) is 1. The van der Waals surface area contributed by atoms with Gasteiger partial charge in [0.25, 0.3) is 0 Å². The molecule has 0 aromatic carbocycles. The maximum absolute atomic E-state index is 8.32. The lowest BCUT2D eigenvalue weighted by Crippen LogP contribution is -2.29. The molecule has 0 bridgehead atoms. The fourth-order valence-corrected chi connectivity index (χ4v) is 1.16. The Morgan fingerprint density at radius 2 is 2.07 bits per heavy atom. The average molecular weight is 215 g/mol. The Balaban J connectivity index is 3.33. The lowest BCUT2D eigenvalue weighted by atomic mass is 9.90. The van der Waals surface area contributed by atoms with Crippen molar-refractivity contribution in [3.63, 3.8) is 0 Å². The van der Waals surface area contributed by atoms with Gasteiger partial charge in [0.15, 0.2) is 0 Å². The molecule has 0 radical (unpaired) electrons. The molecule has 4 nitrogen and oxygen atoms in total. The van der Waals surface area contributed by atoms with Crippen molar-refractivity contribution in [1.29, 1.82) is 0 Å². The van der Waals surface area contributed by atoms with Gasteiger partial charge in [-0.2, -0.15) is 0 Å². The summed E-state index contributed by atoms with van der Waals surface area (Å²) in [5, 5.41) is 14.7. The first-order valence-corrected chi connectivity index (χ1v) is 5.69. The van der Waals surface area contributed by atoms with Crippen LogP contribution < -0.4 is 11.1 Å². The predicted molar refractivity (Wildman–Crippen MR) is 64.2 cm³/mol. The predicted octanol–water partition coefficient (Wildman–Crippen LogP) is 1.93. The molecule has 0 aliphatic heterocycles. The highest BCUT2D eigenvalue weighted by molar-refractivity contribution is 5.79. The first kappa shape index (κ1) is 14.2. The summed E-state index contributed by atoms with van der Waals surface area (Å²) >= 11 is 0. The highest BCUT2D eigenvalue weighted by Crippen LogP contribution is 2.17. The fourth-order valence-electron chi connectivity index (χ4n) is 1.16. The second-order valence-corrected chi connectivity index (χ2v) is 4.74. The average Bonchev–Trinajstić information content (AvgIpc) is 2.22. The van der Waals surface area contributed by atoms with Crippen molar-refractivity contribution in [2.75, 3.05) is 13.1 Å². The number of hydrogen-bond acceptors (Lipinski definition) is 3. The zero-order valence-corrected chi connectivity index (χ0v) is 10.2. The third-order valence-electron chi connectivity index (χ3n) is 2.73. The molecule has 4 heteroatoms. The summed E-state index contributed by atoms with van der Waals surface area (Å²) < 4.78 is 0. The molecular formula is C11H25N3O. The summed E-state index contributed by atoms with van der Waals surface area (Å²) in [6.45, 7) is 8.78. The van der Waals surface area contributed by atoms with Crippen molar-refractivity contribution in [1.82, 2.24) is 5.32 Å². The number of nitrogens with two attached hydrogens (primary N) is 1. The molecule has 4 N–H and O–H groups in total. The number of amidine groups is 1. The number of nitrogens with one attached hydrogen (secondary N) is 1. The summed E-state index contributed by atoms with van der Waals surface area (Å²) in [5.74, 6) is 0.323. The zero-order valence-electron chi connectivity index (χ0n) is 10.2. The van der Waals surface area contributed by atoms with Gasteiger partial charge in [0.2, 0.25) is 0 Å². The highest BCUT2D eigenvalue weighted by atomic mass is 16.4. The quantitative estimate of drug-likeness (QED) is 0.190. The van der Waals surface area contributed by atoms with Crippen LogP contribution in [0.15, 0.2) is 5.16 Å². The van der Waals surface area contributed by atoms with E-state index in [9.17, 15) is 0 Å². The molecule has 0 atom stereocenters. The number of oxime groups is 1. The number of hydrogen-bond donors (Lipinski definition) is 3. The van der Waals surface area contributed by atoms with E-state index in [0.29, 0.717) is 17.7 Å². The Bertz CT molecular complexity index is 190. The SMILES string of the molecule is CCC(C)(C)CNCCCCC(N)=NO. The molecule has 0 spiro atoms. The molecule has 0 amide bonds. The van der Waals surface area contributed by atoms with Crippen molar-refractivity contribution in [2.45, 2.75) is 46.5 Å². The third kappa shape index (κ3) is 8.24. The largest absolute Gasteiger partial charge is 0.409 e. The Kier molecular flexibility index (Phi) is 7.13. The third-order valence-corrected chi connectivity index (χ3v) is 2.73. The maximum atomic E-state index is 8.32. The molecule has 0 saturated heterocycles. The second-order valence-electron chi connectivity index (χ2n) is 4.74. The van der Waals surface area contributed by atoms with Crippen molar-refractivity contribution in [3.8, 4) is 0 Å². The fraction of sp³-hybridized carbons (Fsp3) is 0.909. The Hall–Kier alpha value is -0.770. The summed E-state index contributed by atoms with van der Waals surface area (Å²) in [4.78, 5) is 0. The lowest BCUT2D eigenvalue weighted by Gasteiger charge is -2.22. The summed E-state index contributed by atoms with van der Waals surface area (Å²) in [7, 11) is 0. The molecule has 0 aliphatic rings. The summed E-state index contributed by atoms with van der Waals surface area (Å²) in [6, 6.07) is 0. The van der Waals surface area contributed by atoms with E-state index in [-0.39, 0.29) is 0 Å². The van der Waals surface area contributed by atoms with Gasteiger partial charge in [-0.3, -0.25) is 0 Å². The molecule has 0 heterocycles. The zero-order chi connectivity index (χ0) is 11.7. The summed E-state index contributed by atoms with van der Waals surface area (Å²) in [5.41, 5.74) is 5.74. The molecule has 0 aliphatic carbocycles. The molecule has 0 aromatic rings. The van der Waals surface area contributed by atoms with Gasteiger partial charge in [-0.15, -0.1) is 0 Å². The first-order chi connectivity index (χ1) is 7.02. The molecule has 90 valence electrons. The van der Waals surface area contributed by atoms with Crippen LogP contribution in [0.25, 0.3) is 0 Å². The van der Waals surface area contributed by atoms with Gasteiger partial charge in [-0.1, -0.05) is 25.9 Å². The Morgan fingerprint density at radius 1 is 1.40 bits per heavy atom. The van der Waals surface area contributed by atoms with Crippen molar-refractivity contribution < 1.29 is 5.21 Å². The van der Waals surface area contributed by atoms with E-state index >= 15 is 0 Å². The van der Waals surface area contributed by atoms with Crippen LogP contribution >= 0.6 is 0 Å². The molecule has 0 unspecified atom stereocenters. The minimum atomic E-state index is 0.323. The first-order valence-electron chi connectivity index (χ1n) is 5.69. The van der Waals surface area contributed by atoms with Gasteiger partial charge in [-0.05, 0) is 31.2 Å². The van der Waals surface area contributed by atoms with Crippen LogP contribution in [0.4, 0.5) is 0 Å². The Labute approximate surface area is 92.9 Å². The van der Waals surface area contributed by atoms with Crippen LogP contribution in [-0.4, -0.2) is 24.1 Å². The van der Waals surface area contributed by atoms with E-state index in [1.807, 2.05) is 0 Å². The van der Waals surface area contributed by atoms with E-state index in [2.05, 4.69) is 31.2 Å². The minimum Gasteiger partial charge on any atom is -0.409 e. The smallest absolute Gasteiger partial charge is 0.139 e.